The number of rotatable bonds is 4. The Bertz CT molecular complexity index is 1210. The molecule has 2 heterocycles. The third-order valence-corrected chi connectivity index (χ3v) is 6.32. The average Bonchev–Trinajstić information content (AvgIpc) is 3.27. The second kappa shape index (κ2) is 12.0. The Morgan fingerprint density at radius 1 is 1.22 bits per heavy atom. The van der Waals surface area contributed by atoms with Crippen molar-refractivity contribution in [3.05, 3.63) is 53.2 Å². The van der Waals surface area contributed by atoms with Gasteiger partial charge in [0.25, 0.3) is 0 Å². The lowest BCUT2D eigenvalue weighted by molar-refractivity contribution is 0.0181. The highest BCUT2D eigenvalue weighted by Crippen LogP contribution is 2.33. The van der Waals surface area contributed by atoms with Gasteiger partial charge in [0.2, 0.25) is 0 Å². The van der Waals surface area contributed by atoms with Crippen LogP contribution in [0.4, 0.5) is 4.79 Å². The van der Waals surface area contributed by atoms with E-state index in [0.29, 0.717) is 11.5 Å². The first-order valence-electron chi connectivity index (χ1n) is 12.6. The van der Waals surface area contributed by atoms with Crippen molar-refractivity contribution in [2.75, 3.05) is 27.2 Å². The van der Waals surface area contributed by atoms with Crippen molar-refractivity contribution in [2.24, 2.45) is 5.92 Å². The topological polar surface area (TPSA) is 91.4 Å². The lowest BCUT2D eigenvalue weighted by Crippen LogP contribution is -2.41. The standard InChI is InChI=1S/C27H31N3O3.C2H7N/c1-18-22(21-7-5-6-20(16-21)17-28)9-10-23-24(29-33-25(18)23)11-8-19-12-14-30(15-13-19)26(31)32-27(2,3)4;1-3-2/h5-7,9-10,16,19H,8,11-15H2,1-4H3;3H,1-2H3. The molecule has 1 fully saturated rings. The summed E-state index contributed by atoms with van der Waals surface area (Å²) in [6, 6.07) is 14.0. The molecule has 1 aliphatic heterocycles. The molecule has 0 bridgehead atoms. The molecule has 0 unspecified atom stereocenters. The fourth-order valence-electron chi connectivity index (χ4n) is 4.51. The highest BCUT2D eigenvalue weighted by atomic mass is 16.6. The minimum absolute atomic E-state index is 0.213. The molecule has 4 rings (SSSR count). The number of fused-ring (bicyclic) bond motifs is 1. The zero-order chi connectivity index (χ0) is 26.3. The molecule has 2 aromatic carbocycles. The van der Waals surface area contributed by atoms with Crippen molar-refractivity contribution in [3.63, 3.8) is 0 Å². The van der Waals surface area contributed by atoms with Gasteiger partial charge in [-0.25, -0.2) is 4.79 Å². The van der Waals surface area contributed by atoms with Gasteiger partial charge in [-0.1, -0.05) is 23.4 Å². The third kappa shape index (κ3) is 6.86. The van der Waals surface area contributed by atoms with Crippen LogP contribution in [-0.4, -0.2) is 48.9 Å². The Kier molecular flexibility index (Phi) is 9.11. The Morgan fingerprint density at radius 3 is 2.56 bits per heavy atom. The lowest BCUT2D eigenvalue weighted by Gasteiger charge is -2.33. The van der Waals surface area contributed by atoms with E-state index in [0.717, 1.165) is 72.1 Å². The van der Waals surface area contributed by atoms with Gasteiger partial charge in [-0.3, -0.25) is 0 Å². The molecule has 1 aliphatic rings. The maximum atomic E-state index is 12.3. The number of nitrogens with zero attached hydrogens (tertiary/aromatic N) is 3. The smallest absolute Gasteiger partial charge is 0.410 e. The predicted molar refractivity (Wildman–Crippen MR) is 143 cm³/mol. The van der Waals surface area contributed by atoms with Crippen molar-refractivity contribution in [1.82, 2.24) is 15.4 Å². The van der Waals surface area contributed by atoms with E-state index < -0.39 is 5.60 Å². The molecular formula is C29H38N4O3. The highest BCUT2D eigenvalue weighted by molar-refractivity contribution is 5.89. The Hall–Kier alpha value is -3.37. The molecule has 0 saturated carbocycles. The summed E-state index contributed by atoms with van der Waals surface area (Å²) in [6.45, 7) is 9.21. The van der Waals surface area contributed by atoms with Gasteiger partial charge >= 0.3 is 6.09 Å². The van der Waals surface area contributed by atoms with E-state index in [-0.39, 0.29) is 6.09 Å². The number of benzene rings is 2. The van der Waals surface area contributed by atoms with E-state index in [4.69, 9.17) is 9.26 Å². The number of carbonyl (C=O) groups is 1. The molecule has 0 spiro atoms. The van der Waals surface area contributed by atoms with E-state index in [2.05, 4.69) is 28.7 Å². The fourth-order valence-corrected chi connectivity index (χ4v) is 4.51. The first-order valence-corrected chi connectivity index (χ1v) is 12.6. The summed E-state index contributed by atoms with van der Waals surface area (Å²) in [5, 5.41) is 17.4. The number of nitrogens with one attached hydrogen (secondary N) is 1. The van der Waals surface area contributed by atoms with Gasteiger partial charge in [0, 0.05) is 24.0 Å². The van der Waals surface area contributed by atoms with Crippen LogP contribution in [-0.2, 0) is 11.2 Å². The number of hydrogen-bond acceptors (Lipinski definition) is 6. The molecule has 192 valence electrons. The molecule has 3 aromatic rings. The van der Waals surface area contributed by atoms with Crippen LogP contribution < -0.4 is 5.32 Å². The Morgan fingerprint density at radius 2 is 1.92 bits per heavy atom. The van der Waals surface area contributed by atoms with E-state index >= 15 is 0 Å². The van der Waals surface area contributed by atoms with Crippen LogP contribution in [0.3, 0.4) is 0 Å². The highest BCUT2D eigenvalue weighted by Gasteiger charge is 2.27. The molecule has 0 aliphatic carbocycles. The molecular weight excluding hydrogens is 452 g/mol. The number of carbonyl (C=O) groups excluding carboxylic acids is 1. The molecule has 0 radical (unpaired) electrons. The Labute approximate surface area is 214 Å². The molecule has 36 heavy (non-hydrogen) atoms. The predicted octanol–water partition coefficient (Wildman–Crippen LogP) is 6.09. The second-order valence-electron chi connectivity index (χ2n) is 10.4. The number of nitriles is 1. The first-order chi connectivity index (χ1) is 17.2. The number of aromatic nitrogens is 1. The van der Waals surface area contributed by atoms with Crippen LogP contribution >= 0.6 is 0 Å². The summed E-state index contributed by atoms with van der Waals surface area (Å²) >= 11 is 0. The SMILES string of the molecule is CNC.Cc1c(-c2cccc(C#N)c2)ccc2c(CCC3CCN(C(=O)OC(C)(C)C)CC3)noc12. The van der Waals surface area contributed by atoms with Crippen molar-refractivity contribution >= 4 is 17.1 Å². The summed E-state index contributed by atoms with van der Waals surface area (Å²) < 4.78 is 11.2. The molecule has 7 heteroatoms. The second-order valence-corrected chi connectivity index (χ2v) is 10.4. The van der Waals surface area contributed by atoms with Crippen LogP contribution in [0.1, 0.15) is 56.9 Å². The number of hydrogen-bond donors (Lipinski definition) is 1. The quantitative estimate of drug-likeness (QED) is 0.476. The van der Waals surface area contributed by atoms with E-state index in [1.54, 1.807) is 0 Å². The molecule has 7 nitrogen and oxygen atoms in total. The van der Waals surface area contributed by atoms with Crippen molar-refractivity contribution in [3.8, 4) is 17.2 Å². The van der Waals surface area contributed by atoms with Crippen molar-refractivity contribution in [2.45, 2.75) is 59.0 Å². The lowest BCUT2D eigenvalue weighted by atomic mass is 9.91. The van der Waals surface area contributed by atoms with Gasteiger partial charge in [-0.05, 0) is 103 Å². The summed E-state index contributed by atoms with van der Waals surface area (Å²) in [6.07, 6.45) is 3.62. The van der Waals surface area contributed by atoms with Gasteiger partial charge < -0.3 is 19.5 Å². The van der Waals surface area contributed by atoms with E-state index in [9.17, 15) is 10.1 Å². The molecule has 1 N–H and O–H groups in total. The van der Waals surface area contributed by atoms with E-state index in [1.807, 2.05) is 71.0 Å². The minimum atomic E-state index is -0.460. The van der Waals surface area contributed by atoms with Crippen molar-refractivity contribution < 1.29 is 14.1 Å². The largest absolute Gasteiger partial charge is 0.444 e. The monoisotopic (exact) mass is 490 g/mol. The molecule has 0 atom stereocenters. The molecule has 1 amide bonds. The Balaban J connectivity index is 0.00000115. The van der Waals surface area contributed by atoms with Crippen LogP contribution in [0, 0.1) is 24.2 Å². The fraction of sp³-hybridized carbons (Fsp3) is 0.483. The van der Waals surface area contributed by atoms with Crippen LogP contribution in [0.5, 0.6) is 0 Å². The number of piperidine rings is 1. The summed E-state index contributed by atoms with van der Waals surface area (Å²) in [4.78, 5) is 14.1. The molecule has 1 saturated heterocycles. The van der Waals surface area contributed by atoms with E-state index in [1.165, 1.54) is 0 Å². The van der Waals surface area contributed by atoms with Gasteiger partial charge in [0.1, 0.15) is 5.60 Å². The van der Waals surface area contributed by atoms with Gasteiger partial charge in [-0.2, -0.15) is 5.26 Å². The van der Waals surface area contributed by atoms with Crippen LogP contribution in [0.15, 0.2) is 40.9 Å². The summed E-state index contributed by atoms with van der Waals surface area (Å²) in [5.41, 5.74) is 5.07. The number of ether oxygens (including phenoxy) is 1. The zero-order valence-corrected chi connectivity index (χ0v) is 22.4. The normalized spacial score (nSPS) is 14.2. The van der Waals surface area contributed by atoms with Gasteiger partial charge in [0.05, 0.1) is 17.3 Å². The van der Waals surface area contributed by atoms with Gasteiger partial charge in [-0.15, -0.1) is 0 Å². The van der Waals surface area contributed by atoms with Crippen molar-refractivity contribution in [1.29, 1.82) is 5.26 Å². The number of likely N-dealkylation sites (tertiary alicyclic amines) is 1. The maximum Gasteiger partial charge on any atom is 0.410 e. The van der Waals surface area contributed by atoms with Crippen LogP contribution in [0.2, 0.25) is 0 Å². The minimum Gasteiger partial charge on any atom is -0.444 e. The first kappa shape index (κ1) is 27.2. The average molecular weight is 491 g/mol. The summed E-state index contributed by atoms with van der Waals surface area (Å²) in [5.74, 6) is 0.560. The summed E-state index contributed by atoms with van der Waals surface area (Å²) in [7, 11) is 3.75. The molecule has 1 aromatic heterocycles. The maximum absolute atomic E-state index is 12.3. The zero-order valence-electron chi connectivity index (χ0n) is 22.4. The number of amides is 1. The van der Waals surface area contributed by atoms with Gasteiger partial charge in [0.15, 0.2) is 5.58 Å². The van der Waals surface area contributed by atoms with Crippen LogP contribution in [0.25, 0.3) is 22.1 Å². The third-order valence-electron chi connectivity index (χ3n) is 6.32. The number of aryl methyl sites for hydroxylation is 2.